The van der Waals surface area contributed by atoms with E-state index in [2.05, 4.69) is 0 Å². The molecule has 82 valence electrons. The second-order valence-corrected chi connectivity index (χ2v) is 3.66. The van der Waals surface area contributed by atoms with E-state index in [1.165, 1.54) is 0 Å². The fourth-order valence-corrected chi connectivity index (χ4v) is 1.16. The third kappa shape index (κ3) is 5.18. The number of nitrogens with two attached hydrogens (primary N) is 1. The first kappa shape index (κ1) is 11.7. The van der Waals surface area contributed by atoms with Crippen molar-refractivity contribution in [2.75, 3.05) is 0 Å². The van der Waals surface area contributed by atoms with Gasteiger partial charge in [-0.05, 0) is 18.9 Å². The molecule has 15 heavy (non-hydrogen) atoms. The number of carbonyl (C=O) groups excluding carboxylic acids is 1. The number of esters is 1. The third-order valence-electron chi connectivity index (χ3n) is 2.05. The molecule has 0 aliphatic carbocycles. The summed E-state index contributed by atoms with van der Waals surface area (Å²) in [5, 5.41) is 0. The average Bonchev–Trinajstić information content (AvgIpc) is 2.25. The minimum atomic E-state index is -0.184. The van der Waals surface area contributed by atoms with Crippen molar-refractivity contribution in [3.63, 3.8) is 0 Å². The summed E-state index contributed by atoms with van der Waals surface area (Å²) in [6.07, 6.45) is 1.07. The van der Waals surface area contributed by atoms with Crippen LogP contribution in [0.3, 0.4) is 0 Å². The van der Waals surface area contributed by atoms with Gasteiger partial charge in [0.25, 0.3) is 0 Å². The lowest BCUT2D eigenvalue weighted by molar-refractivity contribution is -0.145. The molecule has 1 rings (SSSR count). The van der Waals surface area contributed by atoms with Gasteiger partial charge >= 0.3 is 5.97 Å². The van der Waals surface area contributed by atoms with E-state index in [-0.39, 0.29) is 12.0 Å². The van der Waals surface area contributed by atoms with Crippen molar-refractivity contribution in [2.24, 2.45) is 5.73 Å². The molecular formula is C12H17NO2. The lowest BCUT2D eigenvalue weighted by Crippen LogP contribution is -2.17. The van der Waals surface area contributed by atoms with E-state index in [0.717, 1.165) is 5.56 Å². The van der Waals surface area contributed by atoms with Crippen LogP contribution in [0.15, 0.2) is 30.3 Å². The number of hydrogen-bond acceptors (Lipinski definition) is 3. The summed E-state index contributed by atoms with van der Waals surface area (Å²) in [6, 6.07) is 9.68. The van der Waals surface area contributed by atoms with Gasteiger partial charge in [0.15, 0.2) is 0 Å². The van der Waals surface area contributed by atoms with Crippen LogP contribution in [-0.2, 0) is 16.1 Å². The van der Waals surface area contributed by atoms with E-state index in [1.807, 2.05) is 37.3 Å². The molecule has 0 heterocycles. The maximum atomic E-state index is 11.2. The maximum absolute atomic E-state index is 11.2. The predicted molar refractivity (Wildman–Crippen MR) is 59.1 cm³/mol. The molecule has 1 aromatic rings. The van der Waals surface area contributed by atoms with Crippen LogP contribution in [-0.4, -0.2) is 12.0 Å². The van der Waals surface area contributed by atoms with Gasteiger partial charge in [0, 0.05) is 12.5 Å². The second kappa shape index (κ2) is 6.19. The Morgan fingerprint density at radius 3 is 2.67 bits per heavy atom. The summed E-state index contributed by atoms with van der Waals surface area (Å²) in [4.78, 5) is 11.2. The highest BCUT2D eigenvalue weighted by atomic mass is 16.5. The van der Waals surface area contributed by atoms with Gasteiger partial charge in [-0.1, -0.05) is 30.3 Å². The Morgan fingerprint density at radius 2 is 2.07 bits per heavy atom. The van der Waals surface area contributed by atoms with Gasteiger partial charge in [0.05, 0.1) is 0 Å². The minimum absolute atomic E-state index is 0.0503. The van der Waals surface area contributed by atoms with Gasteiger partial charge in [0.2, 0.25) is 0 Å². The highest BCUT2D eigenvalue weighted by molar-refractivity contribution is 5.69. The first-order valence-electron chi connectivity index (χ1n) is 5.13. The van der Waals surface area contributed by atoms with Crippen LogP contribution in [0.25, 0.3) is 0 Å². The van der Waals surface area contributed by atoms with Crippen LogP contribution in [0.1, 0.15) is 25.3 Å². The quantitative estimate of drug-likeness (QED) is 0.750. The summed E-state index contributed by atoms with van der Waals surface area (Å²) in [7, 11) is 0. The highest BCUT2D eigenvalue weighted by Crippen LogP contribution is 2.03. The SMILES string of the molecule is C[C@@H](N)CCC(=O)OCc1ccccc1. The zero-order valence-electron chi connectivity index (χ0n) is 8.98. The van der Waals surface area contributed by atoms with Gasteiger partial charge in [-0.3, -0.25) is 4.79 Å². The Kier molecular flexibility index (Phi) is 4.84. The van der Waals surface area contributed by atoms with Gasteiger partial charge < -0.3 is 10.5 Å². The molecule has 1 aromatic carbocycles. The maximum Gasteiger partial charge on any atom is 0.306 e. The molecule has 2 N–H and O–H groups in total. The predicted octanol–water partition coefficient (Wildman–Crippen LogP) is 1.86. The number of ether oxygens (including phenoxy) is 1. The molecule has 0 saturated carbocycles. The van der Waals surface area contributed by atoms with Gasteiger partial charge in [0.1, 0.15) is 6.61 Å². The van der Waals surface area contributed by atoms with E-state index in [1.54, 1.807) is 0 Å². The zero-order valence-corrected chi connectivity index (χ0v) is 8.98. The fourth-order valence-electron chi connectivity index (χ4n) is 1.16. The van der Waals surface area contributed by atoms with E-state index in [4.69, 9.17) is 10.5 Å². The van der Waals surface area contributed by atoms with Crippen molar-refractivity contribution in [1.82, 2.24) is 0 Å². The Morgan fingerprint density at radius 1 is 1.40 bits per heavy atom. The van der Waals surface area contributed by atoms with E-state index in [0.29, 0.717) is 19.4 Å². The van der Waals surface area contributed by atoms with E-state index < -0.39 is 0 Å². The highest BCUT2D eigenvalue weighted by Gasteiger charge is 2.04. The smallest absolute Gasteiger partial charge is 0.306 e. The Balaban J connectivity index is 2.23. The summed E-state index contributed by atoms with van der Waals surface area (Å²) in [5.74, 6) is -0.184. The number of hydrogen-bond donors (Lipinski definition) is 1. The van der Waals surface area contributed by atoms with Crippen molar-refractivity contribution in [3.05, 3.63) is 35.9 Å². The number of rotatable bonds is 5. The summed E-state index contributed by atoms with van der Waals surface area (Å²) >= 11 is 0. The summed E-state index contributed by atoms with van der Waals surface area (Å²) < 4.78 is 5.08. The molecule has 0 aromatic heterocycles. The first-order valence-corrected chi connectivity index (χ1v) is 5.13. The zero-order chi connectivity index (χ0) is 11.1. The van der Waals surface area contributed by atoms with E-state index >= 15 is 0 Å². The van der Waals surface area contributed by atoms with Crippen molar-refractivity contribution >= 4 is 5.97 Å². The summed E-state index contributed by atoms with van der Waals surface area (Å²) in [6.45, 7) is 2.23. The molecule has 0 saturated heterocycles. The average molecular weight is 207 g/mol. The topological polar surface area (TPSA) is 52.3 Å². The number of carbonyl (C=O) groups is 1. The minimum Gasteiger partial charge on any atom is -0.461 e. The van der Waals surface area contributed by atoms with Gasteiger partial charge in [-0.25, -0.2) is 0 Å². The molecule has 0 unspecified atom stereocenters. The molecule has 0 fully saturated rings. The lowest BCUT2D eigenvalue weighted by atomic mass is 10.2. The molecule has 0 aliphatic rings. The van der Waals surface area contributed by atoms with Crippen LogP contribution in [0.4, 0.5) is 0 Å². The fraction of sp³-hybridized carbons (Fsp3) is 0.417. The Hall–Kier alpha value is -1.35. The van der Waals surface area contributed by atoms with Crippen molar-refractivity contribution in [1.29, 1.82) is 0 Å². The van der Waals surface area contributed by atoms with Crippen LogP contribution in [0.2, 0.25) is 0 Å². The largest absolute Gasteiger partial charge is 0.461 e. The standard InChI is InChI=1S/C12H17NO2/c1-10(13)7-8-12(14)15-9-11-5-3-2-4-6-11/h2-6,10H,7-9,13H2,1H3/t10-/m1/s1. The first-order chi connectivity index (χ1) is 7.18. The van der Waals surface area contributed by atoms with Crippen LogP contribution < -0.4 is 5.73 Å². The van der Waals surface area contributed by atoms with Crippen molar-refractivity contribution in [2.45, 2.75) is 32.4 Å². The molecular weight excluding hydrogens is 190 g/mol. The molecule has 3 heteroatoms. The monoisotopic (exact) mass is 207 g/mol. The lowest BCUT2D eigenvalue weighted by Gasteiger charge is -2.06. The number of benzene rings is 1. The molecule has 3 nitrogen and oxygen atoms in total. The summed E-state index contributed by atoms with van der Waals surface area (Å²) in [5.41, 5.74) is 6.55. The molecule has 0 spiro atoms. The molecule has 0 aliphatic heterocycles. The molecule has 0 radical (unpaired) electrons. The van der Waals surface area contributed by atoms with Crippen LogP contribution >= 0.6 is 0 Å². The van der Waals surface area contributed by atoms with Crippen LogP contribution in [0, 0.1) is 0 Å². The van der Waals surface area contributed by atoms with Crippen molar-refractivity contribution in [3.8, 4) is 0 Å². The Labute approximate surface area is 90.2 Å². The van der Waals surface area contributed by atoms with E-state index in [9.17, 15) is 4.79 Å². The Bertz CT molecular complexity index is 296. The second-order valence-electron chi connectivity index (χ2n) is 3.66. The van der Waals surface area contributed by atoms with Crippen LogP contribution in [0.5, 0.6) is 0 Å². The molecule has 0 bridgehead atoms. The van der Waals surface area contributed by atoms with Gasteiger partial charge in [-0.15, -0.1) is 0 Å². The molecule has 1 atom stereocenters. The van der Waals surface area contributed by atoms with Crippen molar-refractivity contribution < 1.29 is 9.53 Å². The molecule has 0 amide bonds. The third-order valence-corrected chi connectivity index (χ3v) is 2.05. The normalized spacial score (nSPS) is 12.1. The van der Waals surface area contributed by atoms with Gasteiger partial charge in [-0.2, -0.15) is 0 Å².